The van der Waals surface area contributed by atoms with Crippen LogP contribution >= 0.6 is 0 Å². The highest BCUT2D eigenvalue weighted by atomic mass is 14.5. The fraction of sp³-hybridized carbons (Fsp3) is 0.0435. The lowest BCUT2D eigenvalue weighted by Gasteiger charge is -2.31. The summed E-state index contributed by atoms with van der Waals surface area (Å²) in [5, 5.41) is 5.26. The van der Waals surface area contributed by atoms with Crippen LogP contribution in [-0.2, 0) is 11.8 Å². The summed E-state index contributed by atoms with van der Waals surface area (Å²) < 4.78 is 0. The smallest absolute Gasteiger partial charge is 0.0619 e. The Morgan fingerprint density at radius 1 is 0.370 bits per heavy atom. The fourth-order valence-corrected chi connectivity index (χ4v) is 8.58. The molecule has 0 saturated carbocycles. The van der Waals surface area contributed by atoms with Crippen molar-refractivity contribution in [2.24, 2.45) is 0 Å². The molecule has 0 aliphatic heterocycles. The molecular formula is C46H30. The van der Waals surface area contributed by atoms with Gasteiger partial charge in [-0.1, -0.05) is 164 Å². The van der Waals surface area contributed by atoms with Gasteiger partial charge in [-0.15, -0.1) is 0 Å². The van der Waals surface area contributed by atoms with E-state index in [1.54, 1.807) is 0 Å². The van der Waals surface area contributed by atoms with Crippen molar-refractivity contribution in [3.8, 4) is 33.4 Å². The van der Waals surface area contributed by atoms with Gasteiger partial charge in [0.1, 0.15) is 0 Å². The van der Waals surface area contributed by atoms with Gasteiger partial charge in [0.05, 0.1) is 5.41 Å². The maximum absolute atomic E-state index is 2.49. The molecule has 0 heteroatoms. The van der Waals surface area contributed by atoms with Gasteiger partial charge in [-0.25, -0.2) is 0 Å². The molecule has 0 unspecified atom stereocenters. The second-order valence-electron chi connectivity index (χ2n) is 12.8. The molecule has 214 valence electrons. The van der Waals surface area contributed by atoms with Crippen LogP contribution in [0.25, 0.3) is 54.9 Å². The molecule has 1 spiro atoms. The van der Waals surface area contributed by atoms with Gasteiger partial charge in [0.15, 0.2) is 0 Å². The van der Waals surface area contributed by atoms with E-state index in [0.717, 1.165) is 6.42 Å². The molecule has 0 fully saturated rings. The summed E-state index contributed by atoms with van der Waals surface area (Å²) in [6.07, 6.45) is 0.922. The zero-order chi connectivity index (χ0) is 30.2. The predicted octanol–water partition coefficient (Wildman–Crippen LogP) is 11.6. The first-order chi connectivity index (χ1) is 22.8. The second kappa shape index (κ2) is 9.64. The molecule has 0 heterocycles. The van der Waals surface area contributed by atoms with Gasteiger partial charge >= 0.3 is 0 Å². The van der Waals surface area contributed by atoms with Gasteiger partial charge in [-0.2, -0.15) is 0 Å². The molecule has 0 radical (unpaired) electrons. The largest absolute Gasteiger partial charge is 0.0731 e. The van der Waals surface area contributed by atoms with E-state index in [9.17, 15) is 0 Å². The molecule has 0 aromatic heterocycles. The van der Waals surface area contributed by atoms with E-state index in [1.165, 1.54) is 88.3 Å². The standard InChI is InChI=1S/C46H30/c1-3-14-36-32(10-1)12-9-13-35(36)28-30-20-22-31(23-21-30)34-25-26-40-41-27-24-33-11-2-4-15-37(33)45(41)46(44(40)29-34)42-18-7-5-16-38(42)39-17-6-8-19-43(39)46/h1-27,29H,28H2. The van der Waals surface area contributed by atoms with Crippen LogP contribution in [0.3, 0.4) is 0 Å². The number of fused-ring (bicyclic) bond motifs is 13. The number of hydrogen-bond donors (Lipinski definition) is 0. The van der Waals surface area contributed by atoms with Gasteiger partial charge in [0.25, 0.3) is 0 Å². The highest BCUT2D eigenvalue weighted by Crippen LogP contribution is 2.64. The van der Waals surface area contributed by atoms with E-state index in [-0.39, 0.29) is 5.41 Å². The van der Waals surface area contributed by atoms with Gasteiger partial charge in [0.2, 0.25) is 0 Å². The van der Waals surface area contributed by atoms with Crippen molar-refractivity contribution in [2.75, 3.05) is 0 Å². The average molecular weight is 583 g/mol. The summed E-state index contributed by atoms with van der Waals surface area (Å²) in [5.74, 6) is 0. The van der Waals surface area contributed by atoms with Crippen LogP contribution in [0.4, 0.5) is 0 Å². The van der Waals surface area contributed by atoms with Gasteiger partial charge in [-0.3, -0.25) is 0 Å². The Bertz CT molecular complexity index is 2440. The van der Waals surface area contributed by atoms with E-state index in [4.69, 9.17) is 0 Å². The van der Waals surface area contributed by atoms with Crippen LogP contribution in [0.5, 0.6) is 0 Å². The fourth-order valence-electron chi connectivity index (χ4n) is 8.58. The molecule has 0 amide bonds. The minimum atomic E-state index is -0.372. The Kier molecular flexibility index (Phi) is 5.36. The van der Waals surface area contributed by atoms with Crippen LogP contribution in [0.15, 0.2) is 170 Å². The quantitative estimate of drug-likeness (QED) is 0.194. The summed E-state index contributed by atoms with van der Waals surface area (Å²) in [5.41, 5.74) is 15.8. The Hall–Kier alpha value is -5.72. The number of benzene rings is 8. The van der Waals surface area contributed by atoms with Crippen molar-refractivity contribution >= 4 is 21.5 Å². The number of rotatable bonds is 3. The Morgan fingerprint density at radius 3 is 1.70 bits per heavy atom. The number of hydrogen-bond acceptors (Lipinski definition) is 0. The lowest BCUT2D eigenvalue weighted by molar-refractivity contribution is 0.801. The third-order valence-corrected chi connectivity index (χ3v) is 10.5. The summed E-state index contributed by atoms with van der Waals surface area (Å²) in [4.78, 5) is 0. The maximum Gasteiger partial charge on any atom is 0.0731 e. The first kappa shape index (κ1) is 25.6. The lowest BCUT2D eigenvalue weighted by Crippen LogP contribution is -2.26. The average Bonchev–Trinajstić information content (AvgIpc) is 3.59. The molecule has 0 atom stereocenters. The van der Waals surface area contributed by atoms with E-state index in [2.05, 4.69) is 170 Å². The van der Waals surface area contributed by atoms with E-state index in [1.807, 2.05) is 0 Å². The second-order valence-corrected chi connectivity index (χ2v) is 12.8. The molecule has 8 aromatic carbocycles. The normalized spacial score (nSPS) is 13.5. The van der Waals surface area contributed by atoms with Crippen molar-refractivity contribution in [1.29, 1.82) is 0 Å². The van der Waals surface area contributed by atoms with Crippen LogP contribution in [0, 0.1) is 0 Å². The van der Waals surface area contributed by atoms with Crippen molar-refractivity contribution in [2.45, 2.75) is 11.8 Å². The molecule has 0 nitrogen and oxygen atoms in total. The summed E-state index contributed by atoms with van der Waals surface area (Å²) in [6.45, 7) is 0. The molecule has 2 aliphatic rings. The van der Waals surface area contributed by atoms with Gasteiger partial charge in [0, 0.05) is 0 Å². The van der Waals surface area contributed by atoms with Gasteiger partial charge in [-0.05, 0) is 101 Å². The first-order valence-corrected chi connectivity index (χ1v) is 16.2. The maximum atomic E-state index is 2.49. The zero-order valence-corrected chi connectivity index (χ0v) is 25.4. The topological polar surface area (TPSA) is 0 Å². The van der Waals surface area contributed by atoms with Crippen LogP contribution < -0.4 is 0 Å². The predicted molar refractivity (Wildman–Crippen MR) is 192 cm³/mol. The highest BCUT2D eigenvalue weighted by molar-refractivity contribution is 6.04. The molecule has 8 aromatic rings. The SMILES string of the molecule is c1ccc2c(c1)-c1ccccc1C21c2cc(-c3ccc(Cc4cccc5ccccc45)cc3)ccc2-c2ccc3ccccc3c21. The van der Waals surface area contributed by atoms with E-state index >= 15 is 0 Å². The van der Waals surface area contributed by atoms with Crippen molar-refractivity contribution < 1.29 is 0 Å². The molecule has 2 aliphatic carbocycles. The molecule has 0 N–H and O–H groups in total. The van der Waals surface area contributed by atoms with Crippen molar-refractivity contribution in [3.05, 3.63) is 203 Å². The Labute approximate surface area is 269 Å². The minimum absolute atomic E-state index is 0.372. The third-order valence-electron chi connectivity index (χ3n) is 10.5. The summed E-state index contributed by atoms with van der Waals surface area (Å²) in [6, 6.07) is 63.5. The van der Waals surface area contributed by atoms with Crippen LogP contribution in [-0.4, -0.2) is 0 Å². The van der Waals surface area contributed by atoms with Crippen molar-refractivity contribution in [3.63, 3.8) is 0 Å². The van der Waals surface area contributed by atoms with E-state index in [0.29, 0.717) is 0 Å². The van der Waals surface area contributed by atoms with E-state index < -0.39 is 0 Å². The molecular weight excluding hydrogens is 553 g/mol. The third kappa shape index (κ3) is 3.44. The van der Waals surface area contributed by atoms with Crippen LogP contribution in [0.1, 0.15) is 33.4 Å². The monoisotopic (exact) mass is 582 g/mol. The zero-order valence-electron chi connectivity index (χ0n) is 25.4. The lowest BCUT2D eigenvalue weighted by atomic mass is 9.69. The minimum Gasteiger partial charge on any atom is -0.0619 e. The highest BCUT2D eigenvalue weighted by Gasteiger charge is 2.52. The molecule has 0 saturated heterocycles. The molecule has 0 bridgehead atoms. The molecule has 10 rings (SSSR count). The summed E-state index contributed by atoms with van der Waals surface area (Å²) >= 11 is 0. The summed E-state index contributed by atoms with van der Waals surface area (Å²) in [7, 11) is 0. The Balaban J connectivity index is 1.16. The first-order valence-electron chi connectivity index (χ1n) is 16.2. The Morgan fingerprint density at radius 2 is 0.935 bits per heavy atom. The van der Waals surface area contributed by atoms with Crippen LogP contribution in [0.2, 0.25) is 0 Å². The molecule has 46 heavy (non-hydrogen) atoms. The van der Waals surface area contributed by atoms with Gasteiger partial charge < -0.3 is 0 Å². The van der Waals surface area contributed by atoms with Crippen molar-refractivity contribution in [1.82, 2.24) is 0 Å².